The summed E-state index contributed by atoms with van der Waals surface area (Å²) in [5.41, 5.74) is 8.05. The molecule has 16 heavy (non-hydrogen) atoms. The van der Waals surface area contributed by atoms with Gasteiger partial charge >= 0.3 is 0 Å². The van der Waals surface area contributed by atoms with Crippen LogP contribution < -0.4 is 10.5 Å². The molecule has 0 aliphatic heterocycles. The van der Waals surface area contributed by atoms with Crippen LogP contribution in [0.3, 0.4) is 0 Å². The van der Waals surface area contributed by atoms with Gasteiger partial charge in [-0.15, -0.1) is 0 Å². The summed E-state index contributed by atoms with van der Waals surface area (Å²) < 4.78 is 5.15. The molecule has 3 nitrogen and oxygen atoms in total. The maximum Gasteiger partial charge on any atom is 0.120 e. The van der Waals surface area contributed by atoms with Gasteiger partial charge < -0.3 is 10.5 Å². The van der Waals surface area contributed by atoms with Crippen molar-refractivity contribution < 1.29 is 4.74 Å². The van der Waals surface area contributed by atoms with Crippen LogP contribution in [0, 0.1) is 0 Å². The second-order valence-electron chi connectivity index (χ2n) is 4.36. The summed E-state index contributed by atoms with van der Waals surface area (Å²) in [5, 5.41) is 0. The first-order valence-electron chi connectivity index (χ1n) is 5.91. The zero-order valence-corrected chi connectivity index (χ0v) is 10.1. The molecule has 0 spiro atoms. The van der Waals surface area contributed by atoms with E-state index in [1.165, 1.54) is 18.4 Å². The number of hydrogen-bond acceptors (Lipinski definition) is 3. The number of benzene rings is 1. The maximum absolute atomic E-state index is 6.01. The second kappa shape index (κ2) is 4.74. The summed E-state index contributed by atoms with van der Waals surface area (Å²) in [6.07, 6.45) is 2.67. The zero-order valence-electron chi connectivity index (χ0n) is 10.1. The lowest BCUT2D eigenvalue weighted by molar-refractivity contribution is 0.269. The normalized spacial score (nSPS) is 15.4. The Morgan fingerprint density at radius 2 is 2.19 bits per heavy atom. The zero-order chi connectivity index (χ0) is 11.5. The largest absolute Gasteiger partial charge is 0.497 e. The molecular weight excluding hydrogens is 200 g/mol. The molecule has 2 N–H and O–H groups in total. The van der Waals surface area contributed by atoms with Crippen LogP contribution in [0.1, 0.15) is 25.3 Å². The Bertz CT molecular complexity index is 361. The SMILES string of the molecule is CCN(Cc1ccc(OC)cc1N)C1CC1. The summed E-state index contributed by atoms with van der Waals surface area (Å²) in [7, 11) is 1.66. The van der Waals surface area contributed by atoms with E-state index in [4.69, 9.17) is 10.5 Å². The van der Waals surface area contributed by atoms with Gasteiger partial charge in [0.15, 0.2) is 0 Å². The van der Waals surface area contributed by atoms with Gasteiger partial charge in [0.25, 0.3) is 0 Å². The molecule has 1 aliphatic rings. The standard InChI is InChI=1S/C13H20N2O/c1-3-15(11-5-6-11)9-10-4-7-12(16-2)8-13(10)14/h4,7-8,11H,3,5-6,9,14H2,1-2H3. The maximum atomic E-state index is 6.01. The minimum atomic E-state index is 0.784. The Morgan fingerprint density at radius 3 is 2.69 bits per heavy atom. The number of nitrogen functional groups attached to an aromatic ring is 1. The third kappa shape index (κ3) is 2.47. The third-order valence-electron chi connectivity index (χ3n) is 3.20. The Morgan fingerprint density at radius 1 is 1.44 bits per heavy atom. The van der Waals surface area contributed by atoms with Gasteiger partial charge in [0.2, 0.25) is 0 Å². The number of nitrogens with zero attached hydrogens (tertiary/aromatic N) is 1. The number of ether oxygens (including phenoxy) is 1. The van der Waals surface area contributed by atoms with Crippen molar-refractivity contribution in [3.8, 4) is 5.75 Å². The van der Waals surface area contributed by atoms with Crippen LogP contribution in [0.4, 0.5) is 5.69 Å². The van der Waals surface area contributed by atoms with Gasteiger partial charge in [0.1, 0.15) is 5.75 Å². The molecule has 0 aromatic heterocycles. The van der Waals surface area contributed by atoms with E-state index in [1.807, 2.05) is 12.1 Å². The predicted octanol–water partition coefficient (Wildman–Crippen LogP) is 2.26. The minimum absolute atomic E-state index is 0.784. The molecule has 1 fully saturated rings. The number of anilines is 1. The Balaban J connectivity index is 2.07. The first-order valence-corrected chi connectivity index (χ1v) is 5.91. The quantitative estimate of drug-likeness (QED) is 0.774. The van der Waals surface area contributed by atoms with Crippen molar-refractivity contribution in [1.82, 2.24) is 4.90 Å². The average molecular weight is 220 g/mol. The van der Waals surface area contributed by atoms with Crippen molar-refractivity contribution in [2.24, 2.45) is 0 Å². The lowest BCUT2D eigenvalue weighted by Crippen LogP contribution is -2.25. The van der Waals surface area contributed by atoms with Gasteiger partial charge in [-0.1, -0.05) is 13.0 Å². The monoisotopic (exact) mass is 220 g/mol. The van der Waals surface area contributed by atoms with Crippen molar-refractivity contribution in [2.75, 3.05) is 19.4 Å². The highest BCUT2D eigenvalue weighted by Crippen LogP contribution is 2.29. The summed E-state index contributed by atoms with van der Waals surface area (Å²) >= 11 is 0. The van der Waals surface area contributed by atoms with E-state index in [0.717, 1.165) is 30.6 Å². The molecule has 0 heterocycles. The van der Waals surface area contributed by atoms with Crippen LogP contribution in [-0.4, -0.2) is 24.6 Å². The van der Waals surface area contributed by atoms with Crippen molar-refractivity contribution >= 4 is 5.69 Å². The predicted molar refractivity (Wildman–Crippen MR) is 66.5 cm³/mol. The number of methoxy groups -OCH3 is 1. The lowest BCUT2D eigenvalue weighted by Gasteiger charge is -2.20. The van der Waals surface area contributed by atoms with Gasteiger partial charge in [-0.2, -0.15) is 0 Å². The van der Waals surface area contributed by atoms with E-state index in [1.54, 1.807) is 7.11 Å². The Kier molecular flexibility index (Phi) is 3.34. The summed E-state index contributed by atoms with van der Waals surface area (Å²) in [6, 6.07) is 6.73. The topological polar surface area (TPSA) is 38.5 Å². The molecule has 3 heteroatoms. The summed E-state index contributed by atoms with van der Waals surface area (Å²) in [6.45, 7) is 4.26. The minimum Gasteiger partial charge on any atom is -0.497 e. The highest BCUT2D eigenvalue weighted by atomic mass is 16.5. The van der Waals surface area contributed by atoms with Crippen molar-refractivity contribution in [2.45, 2.75) is 32.4 Å². The second-order valence-corrected chi connectivity index (χ2v) is 4.36. The highest BCUT2D eigenvalue weighted by Gasteiger charge is 2.27. The van der Waals surface area contributed by atoms with Crippen molar-refractivity contribution in [3.05, 3.63) is 23.8 Å². The Labute approximate surface area is 97.2 Å². The number of rotatable bonds is 5. The molecule has 1 aliphatic carbocycles. The molecular formula is C13H20N2O. The fourth-order valence-electron chi connectivity index (χ4n) is 2.00. The van der Waals surface area contributed by atoms with Crippen LogP contribution in [-0.2, 0) is 6.54 Å². The van der Waals surface area contributed by atoms with Crippen molar-refractivity contribution in [1.29, 1.82) is 0 Å². The van der Waals surface area contributed by atoms with E-state index < -0.39 is 0 Å². The molecule has 0 unspecified atom stereocenters. The summed E-state index contributed by atoms with van der Waals surface area (Å²) in [4.78, 5) is 2.48. The molecule has 0 saturated heterocycles. The van der Waals surface area contributed by atoms with Gasteiger partial charge in [-0.3, -0.25) is 4.90 Å². The molecule has 1 aromatic carbocycles. The van der Waals surface area contributed by atoms with Gasteiger partial charge in [-0.05, 0) is 31.0 Å². The van der Waals surface area contributed by atoms with E-state index in [0.29, 0.717) is 0 Å². The van der Waals surface area contributed by atoms with Crippen molar-refractivity contribution in [3.63, 3.8) is 0 Å². The molecule has 0 atom stereocenters. The molecule has 2 rings (SSSR count). The average Bonchev–Trinajstić information content (AvgIpc) is 3.11. The fraction of sp³-hybridized carbons (Fsp3) is 0.538. The third-order valence-corrected chi connectivity index (χ3v) is 3.20. The molecule has 1 aromatic rings. The lowest BCUT2D eigenvalue weighted by atomic mass is 10.1. The molecule has 1 saturated carbocycles. The van der Waals surface area contributed by atoms with Gasteiger partial charge in [0.05, 0.1) is 7.11 Å². The van der Waals surface area contributed by atoms with E-state index in [9.17, 15) is 0 Å². The molecule has 0 radical (unpaired) electrons. The van der Waals surface area contributed by atoms with Crippen LogP contribution in [0.5, 0.6) is 5.75 Å². The van der Waals surface area contributed by atoms with E-state index >= 15 is 0 Å². The fourth-order valence-corrected chi connectivity index (χ4v) is 2.00. The molecule has 0 bridgehead atoms. The number of hydrogen-bond donors (Lipinski definition) is 1. The number of nitrogens with two attached hydrogens (primary N) is 1. The Hall–Kier alpha value is -1.22. The summed E-state index contributed by atoms with van der Waals surface area (Å²) in [5.74, 6) is 0.829. The van der Waals surface area contributed by atoms with Gasteiger partial charge in [0, 0.05) is 24.3 Å². The van der Waals surface area contributed by atoms with E-state index in [2.05, 4.69) is 17.9 Å². The van der Waals surface area contributed by atoms with Crippen LogP contribution in [0.25, 0.3) is 0 Å². The van der Waals surface area contributed by atoms with Crippen LogP contribution in [0.15, 0.2) is 18.2 Å². The highest BCUT2D eigenvalue weighted by molar-refractivity contribution is 5.51. The molecule has 88 valence electrons. The first-order chi connectivity index (χ1) is 7.74. The van der Waals surface area contributed by atoms with Crippen LogP contribution in [0.2, 0.25) is 0 Å². The van der Waals surface area contributed by atoms with Gasteiger partial charge in [-0.25, -0.2) is 0 Å². The molecule has 0 amide bonds. The van der Waals surface area contributed by atoms with Crippen LogP contribution >= 0.6 is 0 Å². The smallest absolute Gasteiger partial charge is 0.120 e. The van der Waals surface area contributed by atoms with E-state index in [-0.39, 0.29) is 0 Å². The first kappa shape index (κ1) is 11.3.